The van der Waals surface area contributed by atoms with Crippen LogP contribution in [0.1, 0.15) is 15.9 Å². The van der Waals surface area contributed by atoms with Crippen molar-refractivity contribution in [3.05, 3.63) is 57.6 Å². The monoisotopic (exact) mass is 380 g/mol. The minimum Gasteiger partial charge on any atom is -0.486 e. The zero-order valence-electron chi connectivity index (χ0n) is 13.0. The fourth-order valence-electron chi connectivity index (χ4n) is 2.34. The highest BCUT2D eigenvalue weighted by Gasteiger charge is 2.18. The summed E-state index contributed by atoms with van der Waals surface area (Å²) >= 11 is 12.1. The third-order valence-corrected chi connectivity index (χ3v) is 4.07. The van der Waals surface area contributed by atoms with E-state index in [1.807, 2.05) is 0 Å². The third kappa shape index (κ3) is 4.15. The van der Waals surface area contributed by atoms with E-state index in [1.54, 1.807) is 36.4 Å². The molecule has 1 heterocycles. The highest BCUT2D eigenvalue weighted by molar-refractivity contribution is 6.33. The number of nitrogens with one attached hydrogen (secondary N) is 2. The fraction of sp³-hybridized carbons (Fsp3) is 0.176. The van der Waals surface area contributed by atoms with E-state index in [0.29, 0.717) is 40.3 Å². The molecule has 2 aromatic carbocycles. The van der Waals surface area contributed by atoms with Gasteiger partial charge in [0, 0.05) is 0 Å². The summed E-state index contributed by atoms with van der Waals surface area (Å²) in [7, 11) is 0. The lowest BCUT2D eigenvalue weighted by Crippen LogP contribution is -2.42. The Bertz CT molecular complexity index is 826. The first kappa shape index (κ1) is 17.4. The van der Waals surface area contributed by atoms with Crippen LogP contribution in [0.2, 0.25) is 10.0 Å². The van der Waals surface area contributed by atoms with Crippen molar-refractivity contribution >= 4 is 35.0 Å². The number of hydrazine groups is 1. The molecule has 2 aromatic rings. The van der Waals surface area contributed by atoms with Crippen molar-refractivity contribution < 1.29 is 19.1 Å². The molecule has 8 heteroatoms. The van der Waals surface area contributed by atoms with E-state index in [-0.39, 0.29) is 12.0 Å². The lowest BCUT2D eigenvalue weighted by molar-refractivity contribution is -0.121. The van der Waals surface area contributed by atoms with Crippen LogP contribution in [-0.4, -0.2) is 25.0 Å². The Hall–Kier alpha value is -2.44. The van der Waals surface area contributed by atoms with Gasteiger partial charge in [0.2, 0.25) is 5.91 Å². The van der Waals surface area contributed by atoms with Gasteiger partial charge >= 0.3 is 0 Å². The van der Waals surface area contributed by atoms with Gasteiger partial charge in [0.25, 0.3) is 5.91 Å². The summed E-state index contributed by atoms with van der Waals surface area (Å²) < 4.78 is 10.9. The van der Waals surface area contributed by atoms with Crippen LogP contribution in [-0.2, 0) is 11.2 Å². The van der Waals surface area contributed by atoms with Crippen LogP contribution >= 0.6 is 23.2 Å². The molecule has 0 unspecified atom stereocenters. The van der Waals surface area contributed by atoms with E-state index in [9.17, 15) is 9.59 Å². The van der Waals surface area contributed by atoms with E-state index in [4.69, 9.17) is 32.7 Å². The number of halogens is 2. The summed E-state index contributed by atoms with van der Waals surface area (Å²) in [5, 5.41) is 0.674. The highest BCUT2D eigenvalue weighted by Crippen LogP contribution is 2.38. The quantitative estimate of drug-likeness (QED) is 0.802. The van der Waals surface area contributed by atoms with Gasteiger partial charge in [-0.05, 0) is 29.8 Å². The van der Waals surface area contributed by atoms with Gasteiger partial charge in [-0.2, -0.15) is 0 Å². The molecule has 0 saturated carbocycles. The van der Waals surface area contributed by atoms with Crippen LogP contribution in [0.5, 0.6) is 11.5 Å². The van der Waals surface area contributed by atoms with E-state index < -0.39 is 11.8 Å². The standard InChI is InChI=1S/C17H14Cl2N2O4/c18-12-4-2-1-3-11(12)17(23)21-20-15(22)9-10-7-13(19)16-14(8-10)24-5-6-25-16/h1-4,7-8H,5-6,9H2,(H,20,22)(H,21,23). The number of benzene rings is 2. The highest BCUT2D eigenvalue weighted by atomic mass is 35.5. The zero-order chi connectivity index (χ0) is 17.8. The van der Waals surface area contributed by atoms with Crippen molar-refractivity contribution in [3.8, 4) is 11.5 Å². The van der Waals surface area contributed by atoms with Crippen LogP contribution < -0.4 is 20.3 Å². The average Bonchev–Trinajstić information content (AvgIpc) is 2.60. The van der Waals surface area contributed by atoms with Gasteiger partial charge < -0.3 is 9.47 Å². The lowest BCUT2D eigenvalue weighted by atomic mass is 10.1. The van der Waals surface area contributed by atoms with Crippen molar-refractivity contribution in [1.29, 1.82) is 0 Å². The molecule has 3 rings (SSSR count). The topological polar surface area (TPSA) is 76.7 Å². The minimum atomic E-state index is -0.501. The maximum Gasteiger partial charge on any atom is 0.271 e. The molecule has 0 spiro atoms. The molecule has 0 aromatic heterocycles. The molecule has 25 heavy (non-hydrogen) atoms. The Morgan fingerprint density at radius 3 is 2.56 bits per heavy atom. The maximum absolute atomic E-state index is 12.0. The number of rotatable bonds is 3. The van der Waals surface area contributed by atoms with Gasteiger partial charge in [0.1, 0.15) is 13.2 Å². The van der Waals surface area contributed by atoms with Crippen molar-refractivity contribution in [1.82, 2.24) is 10.9 Å². The summed E-state index contributed by atoms with van der Waals surface area (Å²) in [5.41, 5.74) is 5.58. The number of amides is 2. The molecule has 0 radical (unpaired) electrons. The third-order valence-electron chi connectivity index (χ3n) is 3.46. The normalized spacial score (nSPS) is 12.4. The molecular weight excluding hydrogens is 367 g/mol. The number of hydrogen-bond donors (Lipinski definition) is 2. The Morgan fingerprint density at radius 2 is 1.76 bits per heavy atom. The summed E-state index contributed by atoms with van der Waals surface area (Å²) in [6, 6.07) is 9.86. The molecule has 130 valence electrons. The summed E-state index contributed by atoms with van der Waals surface area (Å²) in [4.78, 5) is 24.0. The maximum atomic E-state index is 12.0. The fourth-order valence-corrected chi connectivity index (χ4v) is 2.84. The minimum absolute atomic E-state index is 0.0131. The van der Waals surface area contributed by atoms with Gasteiger partial charge in [-0.3, -0.25) is 20.4 Å². The number of carbonyl (C=O) groups excluding carboxylic acids is 2. The predicted molar refractivity (Wildman–Crippen MR) is 93.2 cm³/mol. The van der Waals surface area contributed by atoms with Gasteiger partial charge in [0.05, 0.1) is 22.0 Å². The van der Waals surface area contributed by atoms with E-state index in [1.165, 1.54) is 0 Å². The molecular formula is C17H14Cl2N2O4. The van der Waals surface area contributed by atoms with Crippen molar-refractivity contribution in [2.75, 3.05) is 13.2 Å². The Kier molecular flexibility index (Phi) is 5.31. The summed E-state index contributed by atoms with van der Waals surface area (Å²) in [6.07, 6.45) is 0.0131. The van der Waals surface area contributed by atoms with Gasteiger partial charge in [-0.1, -0.05) is 35.3 Å². The van der Waals surface area contributed by atoms with E-state index >= 15 is 0 Å². The SMILES string of the molecule is O=C(Cc1cc(Cl)c2c(c1)OCCO2)NNC(=O)c1ccccc1Cl. The van der Waals surface area contributed by atoms with Gasteiger partial charge in [-0.15, -0.1) is 0 Å². The van der Waals surface area contributed by atoms with Crippen molar-refractivity contribution in [2.24, 2.45) is 0 Å². The van der Waals surface area contributed by atoms with Crippen LogP contribution in [0.25, 0.3) is 0 Å². The zero-order valence-corrected chi connectivity index (χ0v) is 14.5. The number of hydrogen-bond acceptors (Lipinski definition) is 4. The van der Waals surface area contributed by atoms with E-state index in [0.717, 1.165) is 0 Å². The molecule has 6 nitrogen and oxygen atoms in total. The Balaban J connectivity index is 1.61. The predicted octanol–water partition coefficient (Wildman–Crippen LogP) is 2.77. The number of fused-ring (bicyclic) bond motifs is 1. The first-order valence-corrected chi connectivity index (χ1v) is 8.22. The molecule has 0 aliphatic carbocycles. The van der Waals surface area contributed by atoms with Gasteiger partial charge in [0.15, 0.2) is 11.5 Å². The van der Waals surface area contributed by atoms with Crippen LogP contribution in [0.3, 0.4) is 0 Å². The average molecular weight is 381 g/mol. The largest absolute Gasteiger partial charge is 0.486 e. The van der Waals surface area contributed by atoms with E-state index in [2.05, 4.69) is 10.9 Å². The van der Waals surface area contributed by atoms with Crippen LogP contribution in [0.15, 0.2) is 36.4 Å². The Labute approximate surface area is 154 Å². The molecule has 0 saturated heterocycles. The second kappa shape index (κ2) is 7.63. The molecule has 0 fully saturated rings. The molecule has 2 amide bonds. The number of carbonyl (C=O) groups is 2. The number of ether oxygens (including phenoxy) is 2. The summed E-state index contributed by atoms with van der Waals surface area (Å²) in [6.45, 7) is 0.855. The molecule has 1 aliphatic heterocycles. The smallest absolute Gasteiger partial charge is 0.271 e. The lowest BCUT2D eigenvalue weighted by Gasteiger charge is -2.20. The molecule has 2 N–H and O–H groups in total. The van der Waals surface area contributed by atoms with Crippen LogP contribution in [0, 0.1) is 0 Å². The van der Waals surface area contributed by atoms with Crippen molar-refractivity contribution in [2.45, 2.75) is 6.42 Å². The second-order valence-electron chi connectivity index (χ2n) is 5.26. The van der Waals surface area contributed by atoms with Gasteiger partial charge in [-0.25, -0.2) is 0 Å². The second-order valence-corrected chi connectivity index (χ2v) is 6.08. The summed E-state index contributed by atoms with van der Waals surface area (Å²) in [5.74, 6) is 0.0676. The molecule has 1 aliphatic rings. The molecule has 0 bridgehead atoms. The first-order chi connectivity index (χ1) is 12.0. The van der Waals surface area contributed by atoms with Crippen LogP contribution in [0.4, 0.5) is 0 Å². The Morgan fingerprint density at radius 1 is 1.00 bits per heavy atom. The van der Waals surface area contributed by atoms with Crippen molar-refractivity contribution in [3.63, 3.8) is 0 Å². The molecule has 0 atom stereocenters. The first-order valence-electron chi connectivity index (χ1n) is 7.46.